The number of rotatable bonds is 4. The molecule has 0 aliphatic heterocycles. The number of halogens is 2. The Bertz CT molecular complexity index is 536. The third-order valence-corrected chi connectivity index (χ3v) is 4.10. The van der Waals surface area contributed by atoms with Crippen LogP contribution in [0.5, 0.6) is 5.75 Å². The Morgan fingerprint density at radius 2 is 1.83 bits per heavy atom. The zero-order chi connectivity index (χ0) is 13.9. The van der Waals surface area contributed by atoms with E-state index >= 15 is 0 Å². The Hall–Kier alpha value is -1.34. The van der Waals surface area contributed by atoms with Gasteiger partial charge in [0.25, 0.3) is 0 Å². The molecular formula is C11H8Br2O5. The monoisotopic (exact) mass is 378 g/mol. The first-order chi connectivity index (χ1) is 8.32. The number of carbonyl (C=O) groups is 2. The zero-order valence-corrected chi connectivity index (χ0v) is 12.0. The zero-order valence-electron chi connectivity index (χ0n) is 8.85. The molecule has 0 heterocycles. The van der Waals surface area contributed by atoms with Crippen LogP contribution in [0.4, 0.5) is 0 Å². The van der Waals surface area contributed by atoms with Crippen molar-refractivity contribution in [3.05, 3.63) is 38.3 Å². The third-order valence-electron chi connectivity index (χ3n) is 2.11. The van der Waals surface area contributed by atoms with E-state index in [0.717, 1.165) is 0 Å². The van der Waals surface area contributed by atoms with Gasteiger partial charge in [0.15, 0.2) is 0 Å². The van der Waals surface area contributed by atoms with E-state index in [2.05, 4.69) is 31.9 Å². The largest absolute Gasteiger partial charge is 0.506 e. The number of phenols is 1. The smallest absolute Gasteiger partial charge is 0.332 e. The maximum absolute atomic E-state index is 10.9. The molecule has 0 spiro atoms. The molecule has 0 aliphatic carbocycles. The molecule has 0 atom stereocenters. The van der Waals surface area contributed by atoms with Gasteiger partial charge in [-0.1, -0.05) is 6.07 Å². The first-order valence-corrected chi connectivity index (χ1v) is 6.24. The lowest BCUT2D eigenvalue weighted by Gasteiger charge is -2.08. The van der Waals surface area contributed by atoms with Crippen LogP contribution in [-0.2, 0) is 16.0 Å². The molecule has 0 amide bonds. The van der Waals surface area contributed by atoms with Crippen LogP contribution >= 0.6 is 31.9 Å². The van der Waals surface area contributed by atoms with E-state index in [9.17, 15) is 14.7 Å². The molecule has 0 saturated heterocycles. The highest BCUT2D eigenvalue weighted by Gasteiger charge is 2.15. The lowest BCUT2D eigenvalue weighted by molar-refractivity contribution is -0.135. The van der Waals surface area contributed by atoms with Gasteiger partial charge >= 0.3 is 11.9 Å². The van der Waals surface area contributed by atoms with E-state index in [1.54, 1.807) is 6.07 Å². The van der Waals surface area contributed by atoms with E-state index in [4.69, 9.17) is 10.2 Å². The van der Waals surface area contributed by atoms with Crippen molar-refractivity contribution in [2.24, 2.45) is 0 Å². The summed E-state index contributed by atoms with van der Waals surface area (Å²) in [4.78, 5) is 21.4. The Morgan fingerprint density at radius 1 is 1.22 bits per heavy atom. The van der Waals surface area contributed by atoms with Crippen molar-refractivity contribution >= 4 is 43.8 Å². The second-order valence-corrected chi connectivity index (χ2v) is 5.01. The third kappa shape index (κ3) is 3.58. The molecule has 0 bridgehead atoms. The second kappa shape index (κ2) is 6.01. The molecule has 0 unspecified atom stereocenters. The molecule has 5 nitrogen and oxygen atoms in total. The fourth-order valence-corrected chi connectivity index (χ4v) is 1.97. The minimum Gasteiger partial charge on any atom is -0.506 e. The first-order valence-electron chi connectivity index (χ1n) is 4.65. The summed E-state index contributed by atoms with van der Waals surface area (Å²) in [7, 11) is 0. The van der Waals surface area contributed by atoms with Gasteiger partial charge in [0.2, 0.25) is 0 Å². The van der Waals surface area contributed by atoms with Crippen LogP contribution in [0.1, 0.15) is 5.56 Å². The quantitative estimate of drug-likeness (QED) is 0.699. The van der Waals surface area contributed by atoms with Gasteiger partial charge in [-0.25, -0.2) is 9.59 Å². The predicted molar refractivity (Wildman–Crippen MR) is 70.6 cm³/mol. The van der Waals surface area contributed by atoms with Gasteiger partial charge < -0.3 is 15.3 Å². The topological polar surface area (TPSA) is 94.8 Å². The van der Waals surface area contributed by atoms with Crippen LogP contribution < -0.4 is 0 Å². The average Bonchev–Trinajstić information content (AvgIpc) is 2.28. The fourth-order valence-electron chi connectivity index (χ4n) is 1.27. The van der Waals surface area contributed by atoms with Crippen LogP contribution in [0.15, 0.2) is 32.7 Å². The number of carboxylic acids is 2. The van der Waals surface area contributed by atoms with Gasteiger partial charge in [0.05, 0.1) is 4.47 Å². The van der Waals surface area contributed by atoms with Crippen molar-refractivity contribution in [2.45, 2.75) is 6.42 Å². The maximum atomic E-state index is 10.9. The molecule has 0 fully saturated rings. The predicted octanol–water partition coefficient (Wildman–Crippen LogP) is 2.56. The SMILES string of the molecule is O=C(O)/C=C(/Cc1ccc(Br)c(Br)c1O)C(=O)O. The summed E-state index contributed by atoms with van der Waals surface area (Å²) < 4.78 is 1.00. The Balaban J connectivity index is 3.14. The van der Waals surface area contributed by atoms with Crippen molar-refractivity contribution in [1.29, 1.82) is 0 Å². The number of phenolic OH excluding ortho intramolecular Hbond substituents is 1. The van der Waals surface area contributed by atoms with E-state index in [-0.39, 0.29) is 17.7 Å². The van der Waals surface area contributed by atoms with Gasteiger partial charge in [-0.3, -0.25) is 0 Å². The molecule has 7 heteroatoms. The Morgan fingerprint density at radius 3 is 2.33 bits per heavy atom. The highest BCUT2D eigenvalue weighted by atomic mass is 79.9. The molecule has 0 radical (unpaired) electrons. The summed E-state index contributed by atoms with van der Waals surface area (Å²) in [5.41, 5.74) is 0.00648. The summed E-state index contributed by atoms with van der Waals surface area (Å²) in [5.74, 6) is -2.80. The minimum absolute atomic E-state index is 0.123. The Kier molecular flexibility index (Phi) is 4.92. The molecule has 96 valence electrons. The lowest BCUT2D eigenvalue weighted by Crippen LogP contribution is -2.07. The molecule has 3 N–H and O–H groups in total. The average molecular weight is 380 g/mol. The van der Waals surface area contributed by atoms with Crippen LogP contribution in [0.25, 0.3) is 0 Å². The van der Waals surface area contributed by atoms with Gasteiger partial charge in [-0.2, -0.15) is 0 Å². The first kappa shape index (κ1) is 14.7. The molecule has 1 rings (SSSR count). The molecular weight excluding hydrogens is 372 g/mol. The molecule has 0 saturated carbocycles. The summed E-state index contributed by atoms with van der Waals surface area (Å²) >= 11 is 6.31. The number of aromatic hydroxyl groups is 1. The van der Waals surface area contributed by atoms with Gasteiger partial charge in [0, 0.05) is 22.5 Å². The van der Waals surface area contributed by atoms with E-state index in [1.165, 1.54) is 6.07 Å². The van der Waals surface area contributed by atoms with Crippen molar-refractivity contribution in [2.75, 3.05) is 0 Å². The molecule has 1 aromatic rings. The highest BCUT2D eigenvalue weighted by molar-refractivity contribution is 9.13. The fraction of sp³-hybridized carbons (Fsp3) is 0.0909. The second-order valence-electron chi connectivity index (χ2n) is 3.36. The Labute approximate surface area is 119 Å². The van der Waals surface area contributed by atoms with Crippen LogP contribution in [0.3, 0.4) is 0 Å². The van der Waals surface area contributed by atoms with Crippen molar-refractivity contribution in [1.82, 2.24) is 0 Å². The summed E-state index contributed by atoms with van der Waals surface area (Å²) in [6.45, 7) is 0. The molecule has 0 aromatic heterocycles. The van der Waals surface area contributed by atoms with Crippen LogP contribution in [-0.4, -0.2) is 27.3 Å². The lowest BCUT2D eigenvalue weighted by atomic mass is 10.0. The van der Waals surface area contributed by atoms with Crippen molar-refractivity contribution < 1.29 is 24.9 Å². The van der Waals surface area contributed by atoms with Gasteiger partial charge in [0.1, 0.15) is 5.75 Å². The standard InChI is InChI=1S/C11H8Br2O5/c12-7-2-1-5(10(16)9(7)13)3-6(11(17)18)4-8(14)15/h1-2,4,16H,3H2,(H,14,15)(H,17,18)/b6-4-. The van der Waals surface area contributed by atoms with E-state index in [0.29, 0.717) is 20.6 Å². The van der Waals surface area contributed by atoms with Gasteiger partial charge in [-0.05, 0) is 43.5 Å². The summed E-state index contributed by atoms with van der Waals surface area (Å²) in [6, 6.07) is 3.14. The van der Waals surface area contributed by atoms with Crippen LogP contribution in [0.2, 0.25) is 0 Å². The van der Waals surface area contributed by atoms with E-state index in [1.807, 2.05) is 0 Å². The number of benzene rings is 1. The normalized spacial score (nSPS) is 11.3. The number of hydrogen-bond donors (Lipinski definition) is 3. The number of carboxylic acid groups (broad SMARTS) is 2. The molecule has 0 aliphatic rings. The maximum Gasteiger partial charge on any atom is 0.332 e. The minimum atomic E-state index is -1.34. The number of hydrogen-bond acceptors (Lipinski definition) is 3. The van der Waals surface area contributed by atoms with Crippen molar-refractivity contribution in [3.63, 3.8) is 0 Å². The number of aliphatic carboxylic acids is 2. The molecule has 18 heavy (non-hydrogen) atoms. The summed E-state index contributed by atoms with van der Waals surface area (Å²) in [5, 5.41) is 27.2. The van der Waals surface area contributed by atoms with Crippen molar-refractivity contribution in [3.8, 4) is 5.75 Å². The van der Waals surface area contributed by atoms with E-state index < -0.39 is 11.9 Å². The van der Waals surface area contributed by atoms with Crippen LogP contribution in [0, 0.1) is 0 Å². The summed E-state index contributed by atoms with van der Waals surface area (Å²) in [6.07, 6.45) is 0.428. The van der Waals surface area contributed by atoms with Gasteiger partial charge in [-0.15, -0.1) is 0 Å². The molecule has 1 aromatic carbocycles. The highest BCUT2D eigenvalue weighted by Crippen LogP contribution is 2.35.